The average Bonchev–Trinajstić information content (AvgIpc) is 3.18. The van der Waals surface area contributed by atoms with Gasteiger partial charge >= 0.3 is 6.03 Å². The number of piperidine rings is 1. The van der Waals surface area contributed by atoms with Crippen molar-refractivity contribution in [2.24, 2.45) is 5.92 Å². The smallest absolute Gasteiger partial charge is 0.319 e. The van der Waals surface area contributed by atoms with Crippen molar-refractivity contribution in [2.75, 3.05) is 25.0 Å². The molecule has 0 saturated carbocycles. The van der Waals surface area contributed by atoms with Crippen LogP contribution in [0.4, 0.5) is 14.9 Å². The molecule has 0 spiro atoms. The predicted molar refractivity (Wildman–Crippen MR) is 109 cm³/mol. The standard InChI is InChI=1S/C21H28FN5O3/c1-2-5-18-25-19(30-26-18)9-10-20(28)27-11-4-6-15(14-27)13-23-21(29)24-17-8-3-7-16(22)12-17/h3,7-8,12,15H,2,4-6,9-11,13-14H2,1H3,(H2,23,24,29). The van der Waals surface area contributed by atoms with Crippen LogP contribution in [0.5, 0.6) is 0 Å². The Morgan fingerprint density at radius 3 is 3.00 bits per heavy atom. The summed E-state index contributed by atoms with van der Waals surface area (Å²) in [5, 5.41) is 9.33. The molecule has 1 aromatic heterocycles. The summed E-state index contributed by atoms with van der Waals surface area (Å²) in [7, 11) is 0. The lowest BCUT2D eigenvalue weighted by Gasteiger charge is -2.33. The van der Waals surface area contributed by atoms with Gasteiger partial charge in [0.2, 0.25) is 11.8 Å². The highest BCUT2D eigenvalue weighted by atomic mass is 19.1. The third-order valence-corrected chi connectivity index (χ3v) is 5.04. The largest absolute Gasteiger partial charge is 0.342 e. The van der Waals surface area contributed by atoms with Gasteiger partial charge in [-0.25, -0.2) is 9.18 Å². The van der Waals surface area contributed by atoms with E-state index in [-0.39, 0.29) is 17.9 Å². The molecule has 1 aromatic carbocycles. The third kappa shape index (κ3) is 6.53. The van der Waals surface area contributed by atoms with Gasteiger partial charge in [0.15, 0.2) is 5.82 Å². The van der Waals surface area contributed by atoms with Crippen LogP contribution in [0.25, 0.3) is 0 Å². The van der Waals surface area contributed by atoms with Gasteiger partial charge in [-0.2, -0.15) is 4.98 Å². The molecule has 1 saturated heterocycles. The molecule has 1 aliphatic rings. The van der Waals surface area contributed by atoms with Crippen molar-refractivity contribution in [3.63, 3.8) is 0 Å². The van der Waals surface area contributed by atoms with E-state index in [0.717, 1.165) is 32.2 Å². The number of aryl methyl sites for hydroxylation is 2. The quantitative estimate of drug-likeness (QED) is 0.687. The Kier molecular flexibility index (Phi) is 7.75. The molecule has 30 heavy (non-hydrogen) atoms. The summed E-state index contributed by atoms with van der Waals surface area (Å²) in [6, 6.07) is 5.35. The first-order valence-corrected chi connectivity index (χ1v) is 10.4. The predicted octanol–water partition coefficient (Wildman–Crippen LogP) is 3.15. The number of halogens is 1. The average molecular weight is 417 g/mol. The maximum Gasteiger partial charge on any atom is 0.319 e. The number of carbonyl (C=O) groups is 2. The van der Waals surface area contributed by atoms with Crippen LogP contribution in [0.15, 0.2) is 28.8 Å². The van der Waals surface area contributed by atoms with Gasteiger partial charge in [-0.3, -0.25) is 4.79 Å². The Morgan fingerprint density at radius 2 is 2.20 bits per heavy atom. The van der Waals surface area contributed by atoms with Crippen LogP contribution >= 0.6 is 0 Å². The van der Waals surface area contributed by atoms with Crippen LogP contribution in [0.3, 0.4) is 0 Å². The topological polar surface area (TPSA) is 100 Å². The van der Waals surface area contributed by atoms with Crippen molar-refractivity contribution in [3.05, 3.63) is 41.8 Å². The minimum Gasteiger partial charge on any atom is -0.342 e. The first kappa shape index (κ1) is 21.7. The molecule has 2 aromatic rings. The molecule has 0 radical (unpaired) electrons. The SMILES string of the molecule is CCCc1noc(CCC(=O)N2CCCC(CNC(=O)Nc3cccc(F)c3)C2)n1. The molecule has 2 N–H and O–H groups in total. The highest BCUT2D eigenvalue weighted by molar-refractivity contribution is 5.89. The zero-order valence-corrected chi connectivity index (χ0v) is 17.2. The van der Waals surface area contributed by atoms with Crippen molar-refractivity contribution >= 4 is 17.6 Å². The van der Waals surface area contributed by atoms with E-state index in [0.29, 0.717) is 43.3 Å². The Labute approximate surface area is 175 Å². The summed E-state index contributed by atoms with van der Waals surface area (Å²) in [4.78, 5) is 30.7. The number of rotatable bonds is 8. The van der Waals surface area contributed by atoms with Crippen molar-refractivity contribution in [2.45, 2.75) is 45.4 Å². The number of benzene rings is 1. The van der Waals surface area contributed by atoms with Gasteiger partial charge in [-0.05, 0) is 43.4 Å². The Morgan fingerprint density at radius 1 is 1.33 bits per heavy atom. The molecule has 3 rings (SSSR count). The summed E-state index contributed by atoms with van der Waals surface area (Å²) in [5.41, 5.74) is 0.399. The molecule has 162 valence electrons. The first-order valence-electron chi connectivity index (χ1n) is 10.4. The van der Waals surface area contributed by atoms with Gasteiger partial charge in [-0.15, -0.1) is 0 Å². The number of urea groups is 1. The zero-order valence-electron chi connectivity index (χ0n) is 17.2. The first-order chi connectivity index (χ1) is 14.5. The van der Waals surface area contributed by atoms with Gasteiger partial charge in [0.05, 0.1) is 0 Å². The van der Waals surface area contributed by atoms with E-state index < -0.39 is 5.82 Å². The minimum atomic E-state index is -0.406. The second-order valence-corrected chi connectivity index (χ2v) is 7.55. The van der Waals surface area contributed by atoms with E-state index in [1.807, 2.05) is 11.8 Å². The van der Waals surface area contributed by atoms with Crippen molar-refractivity contribution in [3.8, 4) is 0 Å². The van der Waals surface area contributed by atoms with E-state index in [1.165, 1.54) is 18.2 Å². The Bertz CT molecular complexity index is 857. The summed E-state index contributed by atoms with van der Waals surface area (Å²) >= 11 is 0. The number of hydrogen-bond donors (Lipinski definition) is 2. The van der Waals surface area contributed by atoms with Gasteiger partial charge in [-0.1, -0.05) is 18.1 Å². The van der Waals surface area contributed by atoms with Crippen LogP contribution in [0.2, 0.25) is 0 Å². The number of nitrogens with one attached hydrogen (secondary N) is 2. The van der Waals surface area contributed by atoms with Crippen LogP contribution in [0.1, 0.15) is 44.3 Å². The number of anilines is 1. The summed E-state index contributed by atoms with van der Waals surface area (Å²) in [6.07, 6.45) is 4.31. The number of carbonyl (C=O) groups excluding carboxylic acids is 2. The molecule has 9 heteroatoms. The lowest BCUT2D eigenvalue weighted by molar-refractivity contribution is -0.133. The fraction of sp³-hybridized carbons (Fsp3) is 0.524. The van der Waals surface area contributed by atoms with Crippen LogP contribution in [0, 0.1) is 11.7 Å². The molecule has 3 amide bonds. The zero-order chi connectivity index (χ0) is 21.3. The molecule has 2 heterocycles. The number of amides is 3. The molecule has 0 bridgehead atoms. The second-order valence-electron chi connectivity index (χ2n) is 7.55. The van der Waals surface area contributed by atoms with Crippen LogP contribution in [-0.2, 0) is 17.6 Å². The van der Waals surface area contributed by atoms with Crippen molar-refractivity contribution in [1.29, 1.82) is 0 Å². The normalized spacial score (nSPS) is 16.3. The molecule has 1 aliphatic heterocycles. The Hall–Kier alpha value is -2.97. The summed E-state index contributed by atoms with van der Waals surface area (Å²) < 4.78 is 18.4. The van der Waals surface area contributed by atoms with Crippen molar-refractivity contribution in [1.82, 2.24) is 20.4 Å². The summed E-state index contributed by atoms with van der Waals surface area (Å²) in [5.74, 6) is 1.01. The maximum absolute atomic E-state index is 13.2. The highest BCUT2D eigenvalue weighted by Crippen LogP contribution is 2.17. The maximum atomic E-state index is 13.2. The minimum absolute atomic E-state index is 0.0548. The highest BCUT2D eigenvalue weighted by Gasteiger charge is 2.24. The molecule has 1 atom stereocenters. The third-order valence-electron chi connectivity index (χ3n) is 5.04. The van der Waals surface area contributed by atoms with Gasteiger partial charge < -0.3 is 20.1 Å². The van der Waals surface area contributed by atoms with Crippen molar-refractivity contribution < 1.29 is 18.5 Å². The van der Waals surface area contributed by atoms with Gasteiger partial charge in [0.25, 0.3) is 0 Å². The van der Waals surface area contributed by atoms with E-state index in [1.54, 1.807) is 6.07 Å². The van der Waals surface area contributed by atoms with E-state index in [9.17, 15) is 14.0 Å². The molecule has 0 aliphatic carbocycles. The van der Waals surface area contributed by atoms with E-state index >= 15 is 0 Å². The number of aromatic nitrogens is 2. The number of hydrogen-bond acceptors (Lipinski definition) is 5. The van der Waals surface area contributed by atoms with Gasteiger partial charge in [0, 0.05) is 44.6 Å². The van der Waals surface area contributed by atoms with Gasteiger partial charge in [0.1, 0.15) is 5.82 Å². The molecule has 8 nitrogen and oxygen atoms in total. The lowest BCUT2D eigenvalue weighted by atomic mass is 9.97. The van der Waals surface area contributed by atoms with E-state index in [4.69, 9.17) is 4.52 Å². The van der Waals surface area contributed by atoms with E-state index in [2.05, 4.69) is 20.8 Å². The molecular weight excluding hydrogens is 389 g/mol. The lowest BCUT2D eigenvalue weighted by Crippen LogP contribution is -2.44. The fourth-order valence-corrected chi connectivity index (χ4v) is 3.53. The monoisotopic (exact) mass is 417 g/mol. The fourth-order valence-electron chi connectivity index (χ4n) is 3.53. The molecule has 1 fully saturated rings. The Balaban J connectivity index is 1.40. The summed E-state index contributed by atoms with van der Waals surface area (Å²) in [6.45, 7) is 3.82. The second kappa shape index (κ2) is 10.7. The van der Waals surface area contributed by atoms with Crippen LogP contribution in [-0.4, -0.2) is 46.6 Å². The number of likely N-dealkylation sites (tertiary alicyclic amines) is 1. The molecular formula is C21H28FN5O3. The molecule has 1 unspecified atom stereocenters. The van der Waals surface area contributed by atoms with Crippen LogP contribution < -0.4 is 10.6 Å². The number of nitrogens with zero attached hydrogens (tertiary/aromatic N) is 3.